The number of sulfonamides is 1. The molecule has 1 heterocycles. The largest absolute Gasteiger partial charge is 0.497 e. The standard InChI is InChI=1S/C21H35N3O5S2/c1-16-11-19(28-6)12-17(2)21(16)31(26,27)24-9-10-30-15-18(24)13-29-14-20(25)23(5)8-7-22(3)4/h11-12,18H,7-10,13-15H2,1-6H3. The Balaban J connectivity index is 2.08. The first-order chi connectivity index (χ1) is 14.6. The molecule has 0 radical (unpaired) electrons. The Hall–Kier alpha value is -1.33. The van der Waals surface area contributed by atoms with E-state index in [1.54, 1.807) is 56.8 Å². The zero-order valence-electron chi connectivity index (χ0n) is 19.4. The monoisotopic (exact) mass is 473 g/mol. The molecule has 1 aromatic rings. The molecule has 1 aromatic carbocycles. The minimum atomic E-state index is -3.70. The van der Waals surface area contributed by atoms with E-state index in [0.29, 0.717) is 40.6 Å². The smallest absolute Gasteiger partial charge is 0.248 e. The van der Waals surface area contributed by atoms with Crippen molar-refractivity contribution in [2.45, 2.75) is 24.8 Å². The number of benzene rings is 1. The van der Waals surface area contributed by atoms with Gasteiger partial charge in [-0.05, 0) is 51.2 Å². The van der Waals surface area contributed by atoms with Gasteiger partial charge in [0.1, 0.15) is 12.4 Å². The Kier molecular flexibility index (Phi) is 9.63. The molecule has 10 heteroatoms. The Morgan fingerprint density at radius 2 is 1.84 bits per heavy atom. The van der Waals surface area contributed by atoms with Crippen molar-refractivity contribution in [3.8, 4) is 5.75 Å². The summed E-state index contributed by atoms with van der Waals surface area (Å²) in [6, 6.07) is 3.17. The Morgan fingerprint density at radius 3 is 2.42 bits per heavy atom. The highest BCUT2D eigenvalue weighted by Crippen LogP contribution is 2.31. The Morgan fingerprint density at radius 1 is 1.19 bits per heavy atom. The molecule has 1 amide bonds. The highest BCUT2D eigenvalue weighted by Gasteiger charge is 2.36. The highest BCUT2D eigenvalue weighted by atomic mass is 32.2. The van der Waals surface area contributed by atoms with Crippen LogP contribution in [0, 0.1) is 13.8 Å². The summed E-state index contributed by atoms with van der Waals surface area (Å²) >= 11 is 1.70. The number of nitrogens with zero attached hydrogens (tertiary/aromatic N) is 3. The normalized spacial score (nSPS) is 17.7. The Labute approximate surface area is 190 Å². The zero-order chi connectivity index (χ0) is 23.2. The van der Waals surface area contributed by atoms with Gasteiger partial charge in [-0.3, -0.25) is 4.79 Å². The summed E-state index contributed by atoms with van der Waals surface area (Å²) in [6.45, 7) is 5.51. The van der Waals surface area contributed by atoms with Gasteiger partial charge < -0.3 is 19.3 Å². The summed E-state index contributed by atoms with van der Waals surface area (Å²) in [7, 11) is 3.53. The lowest BCUT2D eigenvalue weighted by molar-refractivity contribution is -0.135. The third-order valence-electron chi connectivity index (χ3n) is 5.25. The van der Waals surface area contributed by atoms with Gasteiger partial charge in [0.2, 0.25) is 15.9 Å². The molecule has 31 heavy (non-hydrogen) atoms. The lowest BCUT2D eigenvalue weighted by Crippen LogP contribution is -2.49. The number of hydrogen-bond acceptors (Lipinski definition) is 7. The van der Waals surface area contributed by atoms with Gasteiger partial charge in [-0.1, -0.05) is 0 Å². The summed E-state index contributed by atoms with van der Waals surface area (Å²) in [4.78, 5) is 16.2. The number of ether oxygens (including phenoxy) is 2. The van der Waals surface area contributed by atoms with Crippen LogP contribution < -0.4 is 4.74 Å². The number of amides is 1. The summed E-state index contributed by atoms with van der Waals surface area (Å²) in [5.41, 5.74) is 1.32. The topological polar surface area (TPSA) is 79.4 Å². The molecule has 1 aliphatic rings. The van der Waals surface area contributed by atoms with Gasteiger partial charge in [-0.15, -0.1) is 0 Å². The van der Waals surface area contributed by atoms with E-state index in [9.17, 15) is 13.2 Å². The van der Waals surface area contributed by atoms with Crippen molar-refractivity contribution >= 4 is 27.7 Å². The van der Waals surface area contributed by atoms with Crippen LogP contribution in [0.4, 0.5) is 0 Å². The lowest BCUT2D eigenvalue weighted by Gasteiger charge is -2.35. The molecule has 1 atom stereocenters. The second-order valence-corrected chi connectivity index (χ2v) is 11.0. The first-order valence-corrected chi connectivity index (χ1v) is 12.9. The van der Waals surface area contributed by atoms with Crippen molar-refractivity contribution in [2.24, 2.45) is 0 Å². The van der Waals surface area contributed by atoms with E-state index in [1.165, 1.54) is 4.31 Å². The van der Waals surface area contributed by atoms with Gasteiger partial charge in [0.25, 0.3) is 0 Å². The van der Waals surface area contributed by atoms with Gasteiger partial charge in [-0.25, -0.2) is 8.42 Å². The maximum Gasteiger partial charge on any atom is 0.248 e. The second-order valence-electron chi connectivity index (χ2n) is 8.07. The zero-order valence-corrected chi connectivity index (χ0v) is 21.0. The van der Waals surface area contributed by atoms with E-state index < -0.39 is 10.0 Å². The lowest BCUT2D eigenvalue weighted by atomic mass is 10.1. The van der Waals surface area contributed by atoms with Crippen molar-refractivity contribution in [1.29, 1.82) is 0 Å². The van der Waals surface area contributed by atoms with Crippen LogP contribution >= 0.6 is 11.8 Å². The molecular weight excluding hydrogens is 438 g/mol. The fraction of sp³-hybridized carbons (Fsp3) is 0.667. The minimum Gasteiger partial charge on any atom is -0.497 e. The molecule has 0 aromatic heterocycles. The average Bonchev–Trinajstić information content (AvgIpc) is 2.71. The number of hydrogen-bond donors (Lipinski definition) is 0. The van der Waals surface area contributed by atoms with Crippen LogP contribution in [-0.4, -0.2) is 107 Å². The SMILES string of the molecule is COc1cc(C)c(S(=O)(=O)N2CCSCC2COCC(=O)N(C)CCN(C)C)c(C)c1. The molecule has 1 saturated heterocycles. The fourth-order valence-corrected chi connectivity index (χ4v) is 6.78. The van der Waals surface area contributed by atoms with Crippen molar-refractivity contribution in [3.05, 3.63) is 23.3 Å². The summed E-state index contributed by atoms with van der Waals surface area (Å²) in [6.07, 6.45) is 0. The van der Waals surface area contributed by atoms with E-state index in [0.717, 1.165) is 12.3 Å². The molecule has 1 unspecified atom stereocenters. The third kappa shape index (κ3) is 6.82. The van der Waals surface area contributed by atoms with Crippen LogP contribution in [0.3, 0.4) is 0 Å². The highest BCUT2D eigenvalue weighted by molar-refractivity contribution is 7.99. The molecular formula is C21H35N3O5S2. The van der Waals surface area contributed by atoms with Crippen molar-refractivity contribution in [3.63, 3.8) is 0 Å². The molecule has 176 valence electrons. The predicted octanol–water partition coefficient (Wildman–Crippen LogP) is 1.45. The molecule has 0 N–H and O–H groups in total. The van der Waals surface area contributed by atoms with Crippen molar-refractivity contribution in [2.75, 3.05) is 72.6 Å². The number of likely N-dealkylation sites (N-methyl/N-ethyl adjacent to an activating group) is 2. The minimum absolute atomic E-state index is 0.0560. The van der Waals surface area contributed by atoms with Crippen LogP contribution in [0.1, 0.15) is 11.1 Å². The molecule has 0 bridgehead atoms. The van der Waals surface area contributed by atoms with Crippen LogP contribution in [0.5, 0.6) is 5.75 Å². The second kappa shape index (κ2) is 11.5. The van der Waals surface area contributed by atoms with Gasteiger partial charge in [-0.2, -0.15) is 16.1 Å². The Bertz CT molecular complexity index is 838. The third-order valence-corrected chi connectivity index (χ3v) is 8.60. The van der Waals surface area contributed by atoms with Crippen molar-refractivity contribution < 1.29 is 22.7 Å². The maximum atomic E-state index is 13.5. The number of rotatable bonds is 10. The number of methoxy groups -OCH3 is 1. The predicted molar refractivity (Wildman–Crippen MR) is 124 cm³/mol. The molecule has 8 nitrogen and oxygen atoms in total. The van der Waals surface area contributed by atoms with Crippen LogP contribution in [-0.2, 0) is 19.6 Å². The van der Waals surface area contributed by atoms with Crippen molar-refractivity contribution in [1.82, 2.24) is 14.1 Å². The van der Waals surface area contributed by atoms with E-state index in [4.69, 9.17) is 9.47 Å². The van der Waals surface area contributed by atoms with Crippen LogP contribution in [0.15, 0.2) is 17.0 Å². The first-order valence-electron chi connectivity index (χ1n) is 10.3. The van der Waals surface area contributed by atoms with Crippen LogP contribution in [0.2, 0.25) is 0 Å². The molecule has 1 aliphatic heterocycles. The molecule has 2 rings (SSSR count). The van der Waals surface area contributed by atoms with Gasteiger partial charge in [0.05, 0.1) is 24.7 Å². The van der Waals surface area contributed by atoms with E-state index in [1.807, 2.05) is 19.0 Å². The fourth-order valence-electron chi connectivity index (χ4n) is 3.51. The van der Waals surface area contributed by atoms with E-state index >= 15 is 0 Å². The van der Waals surface area contributed by atoms with Gasteiger partial charge in [0.15, 0.2) is 0 Å². The van der Waals surface area contributed by atoms with Crippen LogP contribution in [0.25, 0.3) is 0 Å². The van der Waals surface area contributed by atoms with Gasteiger partial charge in [0, 0.05) is 38.2 Å². The number of aryl methyl sites for hydroxylation is 2. The quantitative estimate of drug-likeness (QED) is 0.509. The van der Waals surface area contributed by atoms with E-state index in [-0.39, 0.29) is 25.2 Å². The number of thioether (sulfide) groups is 1. The van der Waals surface area contributed by atoms with Gasteiger partial charge >= 0.3 is 0 Å². The molecule has 0 spiro atoms. The average molecular weight is 474 g/mol. The summed E-state index contributed by atoms with van der Waals surface area (Å²) in [5.74, 6) is 1.90. The molecule has 1 fully saturated rings. The molecule has 0 aliphatic carbocycles. The molecule has 0 saturated carbocycles. The summed E-state index contributed by atoms with van der Waals surface area (Å²) in [5, 5.41) is 0. The number of carbonyl (C=O) groups is 1. The first kappa shape index (κ1) is 25.9. The number of carbonyl (C=O) groups excluding carboxylic acids is 1. The maximum absolute atomic E-state index is 13.5. The summed E-state index contributed by atoms with van der Waals surface area (Å²) < 4.78 is 39.5. The van der Waals surface area contributed by atoms with E-state index in [2.05, 4.69) is 0 Å².